The molecule has 0 aliphatic carbocycles. The van der Waals surface area contributed by atoms with Crippen LogP contribution < -0.4 is 14.8 Å². The van der Waals surface area contributed by atoms with Gasteiger partial charge in [-0.15, -0.1) is 11.3 Å². The zero-order valence-electron chi connectivity index (χ0n) is 14.7. The molecule has 1 amide bonds. The Labute approximate surface area is 165 Å². The zero-order chi connectivity index (χ0) is 19.4. The molecule has 8 heteroatoms. The highest BCUT2D eigenvalue weighted by Gasteiger charge is 2.13. The summed E-state index contributed by atoms with van der Waals surface area (Å²) >= 11 is 7.32. The van der Waals surface area contributed by atoms with Gasteiger partial charge in [-0.25, -0.2) is 4.98 Å². The number of thiazole rings is 1. The summed E-state index contributed by atoms with van der Waals surface area (Å²) in [4.78, 5) is 16.7. The molecule has 0 fully saturated rings. The van der Waals surface area contributed by atoms with E-state index in [4.69, 9.17) is 21.1 Å². The summed E-state index contributed by atoms with van der Waals surface area (Å²) in [7, 11) is 3.15. The summed E-state index contributed by atoms with van der Waals surface area (Å²) in [5.41, 5.74) is 1.77. The topological polar surface area (TPSA) is 80.7 Å². The number of amides is 1. The molecule has 140 valence electrons. The number of benzene rings is 2. The molecule has 2 N–H and O–H groups in total. The second-order valence-corrected chi connectivity index (χ2v) is 6.89. The molecule has 0 spiro atoms. The Morgan fingerprint density at radius 1 is 1.19 bits per heavy atom. The summed E-state index contributed by atoms with van der Waals surface area (Å²) in [5.74, 6) is 0.911. The second kappa shape index (κ2) is 8.28. The molecule has 2 aromatic carbocycles. The van der Waals surface area contributed by atoms with Gasteiger partial charge < -0.3 is 19.9 Å². The van der Waals surface area contributed by atoms with Crippen molar-refractivity contribution < 1.29 is 19.4 Å². The minimum atomic E-state index is -0.295. The number of halogens is 1. The fourth-order valence-corrected chi connectivity index (χ4v) is 3.45. The van der Waals surface area contributed by atoms with Crippen molar-refractivity contribution in [3.05, 3.63) is 52.5 Å². The third-order valence-electron chi connectivity index (χ3n) is 3.76. The van der Waals surface area contributed by atoms with Crippen LogP contribution in [0.2, 0.25) is 5.02 Å². The molecule has 0 radical (unpaired) electrons. The van der Waals surface area contributed by atoms with E-state index in [-0.39, 0.29) is 23.8 Å². The van der Waals surface area contributed by atoms with Gasteiger partial charge in [0.05, 0.1) is 32.0 Å². The summed E-state index contributed by atoms with van der Waals surface area (Å²) in [6.45, 7) is 0. The number of hydrogen-bond donors (Lipinski definition) is 2. The molecule has 3 rings (SSSR count). The Morgan fingerprint density at radius 3 is 2.70 bits per heavy atom. The monoisotopic (exact) mass is 404 g/mol. The van der Waals surface area contributed by atoms with Crippen molar-refractivity contribution in [3.63, 3.8) is 0 Å². The number of aromatic nitrogens is 1. The lowest BCUT2D eigenvalue weighted by atomic mass is 10.2. The number of methoxy groups -OCH3 is 2. The third-order valence-corrected chi connectivity index (χ3v) is 4.93. The maximum Gasteiger partial charge on any atom is 0.230 e. The summed E-state index contributed by atoms with van der Waals surface area (Å²) in [5, 5.41) is 15.4. The third kappa shape index (κ3) is 4.50. The first-order chi connectivity index (χ1) is 13.0. The highest BCUT2D eigenvalue weighted by molar-refractivity contribution is 7.13. The molecule has 0 unspecified atom stereocenters. The standard InChI is InChI=1S/C19H17ClN2O4S/c1-25-16-6-3-11(7-17(16)26-2)19-21-13(10-27-19)9-18(24)22-14-8-12(20)4-5-15(14)23/h3-8,10,23H,9H2,1-2H3,(H,22,24). The normalized spacial score (nSPS) is 10.5. The molecule has 0 atom stereocenters. The molecule has 3 aromatic rings. The first kappa shape index (κ1) is 19.0. The lowest BCUT2D eigenvalue weighted by Gasteiger charge is -2.08. The van der Waals surface area contributed by atoms with E-state index in [0.717, 1.165) is 10.6 Å². The van der Waals surface area contributed by atoms with E-state index in [1.54, 1.807) is 20.3 Å². The molecule has 0 bridgehead atoms. The maximum atomic E-state index is 12.2. The Balaban J connectivity index is 1.72. The van der Waals surface area contributed by atoms with E-state index < -0.39 is 0 Å². The predicted molar refractivity (Wildman–Crippen MR) is 106 cm³/mol. The second-order valence-electron chi connectivity index (χ2n) is 5.60. The number of nitrogens with one attached hydrogen (secondary N) is 1. The Hall–Kier alpha value is -2.77. The minimum Gasteiger partial charge on any atom is -0.506 e. The van der Waals surface area contributed by atoms with Crippen molar-refractivity contribution in [2.75, 3.05) is 19.5 Å². The molecule has 0 aliphatic heterocycles. The lowest BCUT2D eigenvalue weighted by Crippen LogP contribution is -2.14. The number of hydrogen-bond acceptors (Lipinski definition) is 6. The van der Waals surface area contributed by atoms with Gasteiger partial charge in [-0.05, 0) is 36.4 Å². The minimum absolute atomic E-state index is 0.0444. The van der Waals surface area contributed by atoms with Crippen molar-refractivity contribution in [2.24, 2.45) is 0 Å². The summed E-state index contributed by atoms with van der Waals surface area (Å²) < 4.78 is 10.5. The van der Waals surface area contributed by atoms with Crippen LogP contribution in [0.5, 0.6) is 17.2 Å². The predicted octanol–water partition coefficient (Wildman–Crippen LogP) is 4.37. The number of phenols is 1. The molecule has 0 saturated carbocycles. The first-order valence-electron chi connectivity index (χ1n) is 7.95. The van der Waals surface area contributed by atoms with Gasteiger partial charge in [-0.1, -0.05) is 11.6 Å². The van der Waals surface area contributed by atoms with Crippen molar-refractivity contribution in [1.29, 1.82) is 0 Å². The smallest absolute Gasteiger partial charge is 0.230 e. The van der Waals surface area contributed by atoms with Crippen molar-refractivity contribution in [3.8, 4) is 27.8 Å². The van der Waals surface area contributed by atoms with Gasteiger partial charge in [0.25, 0.3) is 0 Å². The maximum absolute atomic E-state index is 12.2. The fraction of sp³-hybridized carbons (Fsp3) is 0.158. The van der Waals surface area contributed by atoms with Crippen molar-refractivity contribution in [1.82, 2.24) is 4.98 Å². The van der Waals surface area contributed by atoms with Crippen LogP contribution in [0.4, 0.5) is 5.69 Å². The van der Waals surface area contributed by atoms with Gasteiger partial charge in [0.1, 0.15) is 10.8 Å². The average Bonchev–Trinajstić information content (AvgIpc) is 3.12. The van der Waals surface area contributed by atoms with Gasteiger partial charge >= 0.3 is 0 Å². The van der Waals surface area contributed by atoms with Gasteiger partial charge in [-0.2, -0.15) is 0 Å². The number of nitrogens with zero attached hydrogens (tertiary/aromatic N) is 1. The zero-order valence-corrected chi connectivity index (χ0v) is 16.2. The number of phenolic OH excluding ortho intramolecular Hbond substituents is 1. The van der Waals surface area contributed by atoms with Crippen LogP contribution in [0.15, 0.2) is 41.8 Å². The number of aromatic hydroxyl groups is 1. The van der Waals surface area contributed by atoms with E-state index in [9.17, 15) is 9.90 Å². The fourth-order valence-electron chi connectivity index (χ4n) is 2.46. The first-order valence-corrected chi connectivity index (χ1v) is 9.21. The SMILES string of the molecule is COc1ccc(-c2nc(CC(=O)Nc3cc(Cl)ccc3O)cs2)cc1OC. The molecule has 6 nitrogen and oxygen atoms in total. The van der Waals surface area contributed by atoms with Gasteiger partial charge in [0, 0.05) is 16.0 Å². The number of anilines is 1. The van der Waals surface area contributed by atoms with Crippen LogP contribution in [0.1, 0.15) is 5.69 Å². The van der Waals surface area contributed by atoms with Crippen molar-refractivity contribution in [2.45, 2.75) is 6.42 Å². The molecular weight excluding hydrogens is 388 g/mol. The molecule has 1 aromatic heterocycles. The van der Waals surface area contributed by atoms with Gasteiger partial charge in [0.15, 0.2) is 11.5 Å². The Morgan fingerprint density at radius 2 is 1.96 bits per heavy atom. The van der Waals surface area contributed by atoms with E-state index in [1.807, 2.05) is 23.6 Å². The van der Waals surface area contributed by atoms with E-state index in [1.165, 1.54) is 23.5 Å². The molecule has 1 heterocycles. The highest BCUT2D eigenvalue weighted by atomic mass is 35.5. The lowest BCUT2D eigenvalue weighted by molar-refractivity contribution is -0.115. The van der Waals surface area contributed by atoms with Gasteiger partial charge in [-0.3, -0.25) is 4.79 Å². The van der Waals surface area contributed by atoms with E-state index in [0.29, 0.717) is 22.2 Å². The number of carbonyl (C=O) groups is 1. The van der Waals surface area contributed by atoms with Crippen LogP contribution in [0, 0.1) is 0 Å². The Kier molecular flexibility index (Phi) is 5.83. The highest BCUT2D eigenvalue weighted by Crippen LogP contribution is 2.33. The van der Waals surface area contributed by atoms with Crippen LogP contribution in [-0.4, -0.2) is 30.2 Å². The van der Waals surface area contributed by atoms with Gasteiger partial charge in [0.2, 0.25) is 5.91 Å². The van der Waals surface area contributed by atoms with E-state index in [2.05, 4.69) is 10.3 Å². The number of carbonyl (C=O) groups excluding carboxylic acids is 1. The van der Waals surface area contributed by atoms with Crippen LogP contribution in [0.3, 0.4) is 0 Å². The molecule has 0 saturated heterocycles. The quantitative estimate of drug-likeness (QED) is 0.596. The molecule has 0 aliphatic rings. The van der Waals surface area contributed by atoms with E-state index >= 15 is 0 Å². The number of rotatable bonds is 6. The molecule has 27 heavy (non-hydrogen) atoms. The average molecular weight is 405 g/mol. The Bertz CT molecular complexity index is 974. The van der Waals surface area contributed by atoms with Crippen LogP contribution in [-0.2, 0) is 11.2 Å². The number of ether oxygens (including phenoxy) is 2. The van der Waals surface area contributed by atoms with Crippen LogP contribution >= 0.6 is 22.9 Å². The van der Waals surface area contributed by atoms with Crippen LogP contribution in [0.25, 0.3) is 10.6 Å². The largest absolute Gasteiger partial charge is 0.506 e. The van der Waals surface area contributed by atoms with Crippen molar-refractivity contribution >= 4 is 34.5 Å². The molecular formula is C19H17ClN2O4S. The summed E-state index contributed by atoms with van der Waals surface area (Å²) in [6, 6.07) is 9.99. The summed E-state index contributed by atoms with van der Waals surface area (Å²) in [6.07, 6.45) is 0.0791.